The number of hydrogen-bond donors (Lipinski definition) is 2. The van der Waals surface area contributed by atoms with E-state index < -0.39 is 22.8 Å². The molecule has 1 atom stereocenters. The van der Waals surface area contributed by atoms with E-state index in [-0.39, 0.29) is 16.9 Å². The lowest BCUT2D eigenvalue weighted by Crippen LogP contribution is -2.40. The number of nitrogen functional groups attached to an aromatic ring is 1. The topological polar surface area (TPSA) is 127 Å². The van der Waals surface area contributed by atoms with Crippen LogP contribution in [-0.4, -0.2) is 39.4 Å². The van der Waals surface area contributed by atoms with Crippen LogP contribution in [0, 0.1) is 10.1 Å². The molecule has 8 heteroatoms. The molecule has 0 aromatic heterocycles. The maximum atomic E-state index is 12.3. The fourth-order valence-corrected chi connectivity index (χ4v) is 2.32. The number of rotatable bonds is 3. The molecular formula is C12H13N3O5. The zero-order valence-corrected chi connectivity index (χ0v) is 10.5. The van der Waals surface area contributed by atoms with Gasteiger partial charge in [0, 0.05) is 12.6 Å². The molecule has 0 radical (unpaired) electrons. The highest BCUT2D eigenvalue weighted by atomic mass is 16.6. The molecule has 1 unspecified atom stereocenters. The number of hydrogen-bond acceptors (Lipinski definition) is 5. The van der Waals surface area contributed by atoms with Crippen LogP contribution in [0.25, 0.3) is 0 Å². The lowest BCUT2D eigenvalue weighted by molar-refractivity contribution is -0.383. The van der Waals surface area contributed by atoms with Gasteiger partial charge in [-0.25, -0.2) is 4.79 Å². The van der Waals surface area contributed by atoms with E-state index in [1.165, 1.54) is 23.1 Å². The van der Waals surface area contributed by atoms with Crippen LogP contribution in [0.2, 0.25) is 0 Å². The molecule has 20 heavy (non-hydrogen) atoms. The first kappa shape index (κ1) is 13.8. The van der Waals surface area contributed by atoms with Crippen molar-refractivity contribution in [3.05, 3.63) is 33.9 Å². The van der Waals surface area contributed by atoms with Crippen molar-refractivity contribution >= 4 is 23.3 Å². The first-order valence-electron chi connectivity index (χ1n) is 6.00. The number of carbonyl (C=O) groups excluding carboxylic acids is 1. The summed E-state index contributed by atoms with van der Waals surface area (Å²) in [5.74, 6) is -1.67. The number of nitrogens with zero attached hydrogens (tertiary/aromatic N) is 2. The number of carbonyl (C=O) groups is 2. The van der Waals surface area contributed by atoms with Crippen LogP contribution in [0.15, 0.2) is 18.2 Å². The summed E-state index contributed by atoms with van der Waals surface area (Å²) in [5.41, 5.74) is 5.01. The second-order valence-electron chi connectivity index (χ2n) is 4.49. The number of anilines is 1. The maximum absolute atomic E-state index is 12.3. The summed E-state index contributed by atoms with van der Waals surface area (Å²) in [5, 5.41) is 19.9. The molecule has 0 aliphatic carbocycles. The average molecular weight is 279 g/mol. The Morgan fingerprint density at radius 2 is 2.15 bits per heavy atom. The number of carboxylic acid groups (broad SMARTS) is 1. The number of likely N-dealkylation sites (tertiary alicyclic amines) is 1. The minimum absolute atomic E-state index is 0.0349. The van der Waals surface area contributed by atoms with Crippen LogP contribution in [0.3, 0.4) is 0 Å². The third kappa shape index (κ3) is 2.27. The van der Waals surface area contributed by atoms with E-state index in [1.807, 2.05) is 0 Å². The second kappa shape index (κ2) is 5.16. The summed E-state index contributed by atoms with van der Waals surface area (Å²) in [7, 11) is 0. The van der Waals surface area contributed by atoms with Gasteiger partial charge in [0.25, 0.3) is 11.6 Å². The SMILES string of the molecule is Nc1c(C(=O)N2CCCC2C(=O)O)cccc1[N+](=O)[O-]. The number of benzene rings is 1. The minimum atomic E-state index is -1.08. The standard InChI is InChI=1S/C12H13N3O5/c13-10-7(3-1-4-8(10)15(19)20)11(16)14-6-2-5-9(14)12(17)18/h1,3-4,9H,2,5-6,13H2,(H,17,18). The van der Waals surface area contributed by atoms with Crippen molar-refractivity contribution in [2.24, 2.45) is 0 Å². The van der Waals surface area contributed by atoms with Crippen molar-refractivity contribution in [3.63, 3.8) is 0 Å². The molecule has 8 nitrogen and oxygen atoms in total. The van der Waals surface area contributed by atoms with E-state index in [1.54, 1.807) is 0 Å². The predicted octanol–water partition coefficient (Wildman–Crippen LogP) is 0.866. The molecule has 1 saturated heterocycles. The van der Waals surface area contributed by atoms with Gasteiger partial charge in [0.15, 0.2) is 0 Å². The Balaban J connectivity index is 2.37. The Morgan fingerprint density at radius 1 is 1.45 bits per heavy atom. The molecule has 1 fully saturated rings. The van der Waals surface area contributed by atoms with Gasteiger partial charge in [0.1, 0.15) is 11.7 Å². The molecule has 1 aliphatic rings. The molecule has 1 aliphatic heterocycles. The molecular weight excluding hydrogens is 266 g/mol. The summed E-state index contributed by atoms with van der Waals surface area (Å²) in [6.45, 7) is 0.304. The van der Waals surface area contributed by atoms with Crippen LogP contribution >= 0.6 is 0 Å². The number of nitro groups is 1. The first-order chi connectivity index (χ1) is 9.43. The molecule has 1 amide bonds. The molecule has 0 saturated carbocycles. The van der Waals surface area contributed by atoms with Crippen molar-refractivity contribution in [1.82, 2.24) is 4.90 Å². The monoisotopic (exact) mass is 279 g/mol. The number of carboxylic acids is 1. The van der Waals surface area contributed by atoms with Crippen LogP contribution in [0.1, 0.15) is 23.2 Å². The van der Waals surface area contributed by atoms with Gasteiger partial charge in [0.05, 0.1) is 10.5 Å². The van der Waals surface area contributed by atoms with E-state index in [0.717, 1.165) is 0 Å². The lowest BCUT2D eigenvalue weighted by Gasteiger charge is -2.21. The van der Waals surface area contributed by atoms with E-state index in [0.29, 0.717) is 19.4 Å². The van der Waals surface area contributed by atoms with Crippen LogP contribution < -0.4 is 5.73 Å². The highest BCUT2D eigenvalue weighted by molar-refractivity contribution is 6.02. The summed E-state index contributed by atoms with van der Waals surface area (Å²) in [4.78, 5) is 34.7. The fourth-order valence-electron chi connectivity index (χ4n) is 2.32. The molecule has 1 aromatic carbocycles. The molecule has 1 heterocycles. The number of amides is 1. The van der Waals surface area contributed by atoms with Crippen molar-refractivity contribution in [2.45, 2.75) is 18.9 Å². The van der Waals surface area contributed by atoms with Gasteiger partial charge < -0.3 is 15.7 Å². The van der Waals surface area contributed by atoms with E-state index in [9.17, 15) is 19.7 Å². The van der Waals surface area contributed by atoms with Crippen molar-refractivity contribution < 1.29 is 19.6 Å². The lowest BCUT2D eigenvalue weighted by atomic mass is 10.1. The third-order valence-corrected chi connectivity index (χ3v) is 3.31. The van der Waals surface area contributed by atoms with Gasteiger partial charge >= 0.3 is 5.97 Å². The Kier molecular flexibility index (Phi) is 3.55. The number of para-hydroxylation sites is 1. The van der Waals surface area contributed by atoms with E-state index in [4.69, 9.17) is 10.8 Å². The first-order valence-corrected chi connectivity index (χ1v) is 6.00. The maximum Gasteiger partial charge on any atom is 0.326 e. The smallest absolute Gasteiger partial charge is 0.326 e. The Labute approximate surface area is 113 Å². The Bertz CT molecular complexity index is 586. The minimum Gasteiger partial charge on any atom is -0.480 e. The summed E-state index contributed by atoms with van der Waals surface area (Å²) in [6.07, 6.45) is 0.952. The van der Waals surface area contributed by atoms with Gasteiger partial charge in [0.2, 0.25) is 0 Å². The molecule has 106 valence electrons. The van der Waals surface area contributed by atoms with E-state index in [2.05, 4.69) is 0 Å². The highest BCUT2D eigenvalue weighted by Gasteiger charge is 2.35. The van der Waals surface area contributed by atoms with Crippen molar-refractivity contribution in [1.29, 1.82) is 0 Å². The van der Waals surface area contributed by atoms with Crippen LogP contribution in [-0.2, 0) is 4.79 Å². The quantitative estimate of drug-likeness (QED) is 0.480. The summed E-state index contributed by atoms with van der Waals surface area (Å²) in [6, 6.07) is 3.02. The molecule has 1 aromatic rings. The fraction of sp³-hybridized carbons (Fsp3) is 0.333. The zero-order valence-electron chi connectivity index (χ0n) is 10.5. The zero-order chi connectivity index (χ0) is 14.9. The van der Waals surface area contributed by atoms with Crippen LogP contribution in [0.5, 0.6) is 0 Å². The largest absolute Gasteiger partial charge is 0.480 e. The molecule has 0 bridgehead atoms. The van der Waals surface area contributed by atoms with Crippen LogP contribution in [0.4, 0.5) is 11.4 Å². The normalized spacial score (nSPS) is 18.0. The molecule has 0 spiro atoms. The van der Waals surface area contributed by atoms with Crippen molar-refractivity contribution in [2.75, 3.05) is 12.3 Å². The Morgan fingerprint density at radius 3 is 2.75 bits per heavy atom. The van der Waals surface area contributed by atoms with E-state index >= 15 is 0 Å². The van der Waals surface area contributed by atoms with Gasteiger partial charge in [-0.3, -0.25) is 14.9 Å². The summed E-state index contributed by atoms with van der Waals surface area (Å²) < 4.78 is 0. The number of nitro benzene ring substituents is 1. The molecule has 3 N–H and O–H groups in total. The van der Waals surface area contributed by atoms with Gasteiger partial charge in [-0.1, -0.05) is 6.07 Å². The Hall–Kier alpha value is -2.64. The third-order valence-electron chi connectivity index (χ3n) is 3.31. The number of aliphatic carboxylic acids is 1. The van der Waals surface area contributed by atoms with Gasteiger partial charge in [-0.05, 0) is 18.9 Å². The molecule has 2 rings (SSSR count). The van der Waals surface area contributed by atoms with Gasteiger partial charge in [-0.2, -0.15) is 0 Å². The average Bonchev–Trinajstić information content (AvgIpc) is 2.87. The van der Waals surface area contributed by atoms with Crippen molar-refractivity contribution in [3.8, 4) is 0 Å². The van der Waals surface area contributed by atoms with Gasteiger partial charge in [-0.15, -0.1) is 0 Å². The summed E-state index contributed by atoms with van der Waals surface area (Å²) >= 11 is 0. The second-order valence-corrected chi connectivity index (χ2v) is 4.49. The highest BCUT2D eigenvalue weighted by Crippen LogP contribution is 2.28. The predicted molar refractivity (Wildman–Crippen MR) is 69.2 cm³/mol. The number of nitrogens with two attached hydrogens (primary N) is 1.